The average molecular weight is 390 g/mol. The van der Waals surface area contributed by atoms with Gasteiger partial charge in [0.25, 0.3) is 5.91 Å². The number of hydrogen-bond acceptors (Lipinski definition) is 4. The summed E-state index contributed by atoms with van der Waals surface area (Å²) in [4.78, 5) is 20.1. The van der Waals surface area contributed by atoms with Crippen LogP contribution in [0, 0.1) is 13.8 Å². The third-order valence-electron chi connectivity index (χ3n) is 6.23. The Hall–Kier alpha value is -2.86. The summed E-state index contributed by atoms with van der Waals surface area (Å²) in [6.07, 6.45) is 3.80. The van der Waals surface area contributed by atoms with Crippen molar-refractivity contribution in [1.29, 1.82) is 0 Å². The van der Waals surface area contributed by atoms with Crippen molar-refractivity contribution >= 4 is 17.2 Å². The van der Waals surface area contributed by atoms with Crippen LogP contribution < -0.4 is 5.32 Å². The highest BCUT2D eigenvalue weighted by Gasteiger charge is 2.30. The molecular formula is C23H26N4O2. The monoisotopic (exact) mass is 390 g/mol. The number of hydrogen-bond donors (Lipinski definition) is 1. The van der Waals surface area contributed by atoms with Crippen LogP contribution in [-0.2, 0) is 11.2 Å². The minimum Gasteiger partial charge on any atom is -0.378 e. The van der Waals surface area contributed by atoms with E-state index in [-0.39, 0.29) is 11.9 Å². The van der Waals surface area contributed by atoms with E-state index in [0.717, 1.165) is 46.7 Å². The highest BCUT2D eigenvalue weighted by molar-refractivity contribution is 5.99. The van der Waals surface area contributed by atoms with Crippen LogP contribution >= 0.6 is 0 Å². The molecule has 0 radical (unpaired) electrons. The van der Waals surface area contributed by atoms with Gasteiger partial charge in [0.15, 0.2) is 5.65 Å². The van der Waals surface area contributed by atoms with Crippen LogP contribution in [0.15, 0.2) is 36.5 Å². The molecule has 1 atom stereocenters. The maximum Gasteiger partial charge on any atom is 0.255 e. The van der Waals surface area contributed by atoms with Gasteiger partial charge in [0.05, 0.1) is 36.2 Å². The molecule has 1 unspecified atom stereocenters. The molecule has 1 saturated heterocycles. The molecule has 0 aliphatic carbocycles. The first-order chi connectivity index (χ1) is 14.1. The number of pyridine rings is 1. The molecule has 0 spiro atoms. The number of carbonyl (C=O) groups excluding carboxylic acids is 1. The summed E-state index contributed by atoms with van der Waals surface area (Å²) in [6, 6.07) is 10.7. The van der Waals surface area contributed by atoms with Gasteiger partial charge in [-0.1, -0.05) is 30.3 Å². The Morgan fingerprint density at radius 1 is 1.17 bits per heavy atom. The van der Waals surface area contributed by atoms with Crippen molar-refractivity contribution in [3.05, 3.63) is 64.6 Å². The molecule has 1 aromatic carbocycles. The highest BCUT2D eigenvalue weighted by atomic mass is 16.5. The van der Waals surface area contributed by atoms with E-state index in [1.54, 1.807) is 0 Å². The van der Waals surface area contributed by atoms with E-state index < -0.39 is 0 Å². The van der Waals surface area contributed by atoms with Gasteiger partial charge >= 0.3 is 0 Å². The van der Waals surface area contributed by atoms with Gasteiger partial charge in [-0.2, -0.15) is 0 Å². The van der Waals surface area contributed by atoms with Gasteiger partial charge < -0.3 is 19.4 Å². The van der Waals surface area contributed by atoms with E-state index in [1.165, 1.54) is 5.56 Å². The van der Waals surface area contributed by atoms with Gasteiger partial charge in [0.2, 0.25) is 0 Å². The van der Waals surface area contributed by atoms with E-state index in [1.807, 2.05) is 24.1 Å². The number of nitrogens with zero attached hydrogens (tertiary/aromatic N) is 3. The number of amides is 1. The molecule has 1 fully saturated rings. The zero-order chi connectivity index (χ0) is 20.0. The van der Waals surface area contributed by atoms with Crippen molar-refractivity contribution in [2.24, 2.45) is 0 Å². The molecule has 6 nitrogen and oxygen atoms in total. The van der Waals surface area contributed by atoms with Crippen molar-refractivity contribution in [2.45, 2.75) is 32.7 Å². The van der Waals surface area contributed by atoms with E-state index >= 15 is 0 Å². The number of imidazole rings is 1. The summed E-state index contributed by atoms with van der Waals surface area (Å²) in [5.41, 5.74) is 7.12. The number of rotatable bonds is 2. The summed E-state index contributed by atoms with van der Waals surface area (Å²) in [7, 11) is 0. The molecule has 4 heterocycles. The number of aryl methyl sites for hydroxylation is 2. The maximum atomic E-state index is 13.4. The Bertz CT molecular complexity index is 1070. The molecule has 5 rings (SSSR count). The Morgan fingerprint density at radius 3 is 2.69 bits per heavy atom. The number of aromatic nitrogens is 2. The molecule has 1 N–H and O–H groups in total. The highest BCUT2D eigenvalue weighted by Crippen LogP contribution is 2.38. The Labute approximate surface area is 170 Å². The fourth-order valence-electron chi connectivity index (χ4n) is 4.44. The lowest BCUT2D eigenvalue weighted by molar-refractivity contribution is 0.0301. The van der Waals surface area contributed by atoms with Crippen molar-refractivity contribution in [3.63, 3.8) is 0 Å². The predicted octanol–water partition coefficient (Wildman–Crippen LogP) is 3.52. The number of fused-ring (bicyclic) bond motifs is 3. The first kappa shape index (κ1) is 18.2. The lowest BCUT2D eigenvalue weighted by Gasteiger charge is -2.32. The van der Waals surface area contributed by atoms with Crippen molar-refractivity contribution in [1.82, 2.24) is 14.3 Å². The van der Waals surface area contributed by atoms with Crippen molar-refractivity contribution in [3.8, 4) is 0 Å². The van der Waals surface area contributed by atoms with Crippen LogP contribution in [0.25, 0.3) is 5.65 Å². The first-order valence-corrected chi connectivity index (χ1v) is 10.3. The summed E-state index contributed by atoms with van der Waals surface area (Å²) in [5, 5.41) is 3.72. The normalized spacial score (nSPS) is 19.1. The van der Waals surface area contributed by atoms with Crippen molar-refractivity contribution < 1.29 is 9.53 Å². The van der Waals surface area contributed by atoms with E-state index in [9.17, 15) is 4.79 Å². The molecule has 2 aromatic heterocycles. The van der Waals surface area contributed by atoms with Crippen LogP contribution in [0.3, 0.4) is 0 Å². The Morgan fingerprint density at radius 2 is 1.93 bits per heavy atom. The second-order valence-corrected chi connectivity index (χ2v) is 7.92. The number of carbonyl (C=O) groups is 1. The second kappa shape index (κ2) is 7.19. The molecule has 2 aliphatic rings. The van der Waals surface area contributed by atoms with Gasteiger partial charge in [-0.05, 0) is 37.8 Å². The fraction of sp³-hybridized carbons (Fsp3) is 0.391. The van der Waals surface area contributed by atoms with Crippen LogP contribution in [0.5, 0.6) is 0 Å². The standard InChI is InChI=1S/C23H26N4O2/c1-15-16(2)27-14-19(23(28)26-10-12-29-13-11-26)18-8-9-20(17-6-4-3-5-7-17)25-21(18)22(27)24-15/h3-7,14,20,25H,8-13H2,1-2H3. The SMILES string of the molecule is Cc1nc2c3c(c(C(=O)N4CCOCC4)cn2c1C)CCC(c1ccccc1)N3. The fourth-order valence-corrected chi connectivity index (χ4v) is 4.44. The van der Waals surface area contributed by atoms with Gasteiger partial charge in [-0.15, -0.1) is 0 Å². The van der Waals surface area contributed by atoms with Crippen LogP contribution in [0.2, 0.25) is 0 Å². The largest absolute Gasteiger partial charge is 0.378 e. The minimum absolute atomic E-state index is 0.0946. The van der Waals surface area contributed by atoms with E-state index in [0.29, 0.717) is 26.3 Å². The van der Waals surface area contributed by atoms with Crippen LogP contribution in [0.1, 0.15) is 45.3 Å². The number of benzene rings is 1. The topological polar surface area (TPSA) is 58.9 Å². The predicted molar refractivity (Wildman–Crippen MR) is 113 cm³/mol. The minimum atomic E-state index is 0.0946. The third-order valence-corrected chi connectivity index (χ3v) is 6.23. The van der Waals surface area contributed by atoms with Gasteiger partial charge in [-0.25, -0.2) is 4.98 Å². The first-order valence-electron chi connectivity index (χ1n) is 10.3. The van der Waals surface area contributed by atoms with Crippen LogP contribution in [-0.4, -0.2) is 46.5 Å². The molecule has 0 saturated carbocycles. The number of nitrogens with one attached hydrogen (secondary N) is 1. The molecule has 6 heteroatoms. The summed E-state index contributed by atoms with van der Waals surface area (Å²) >= 11 is 0. The van der Waals surface area contributed by atoms with E-state index in [4.69, 9.17) is 9.72 Å². The van der Waals surface area contributed by atoms with Crippen LogP contribution in [0.4, 0.5) is 5.69 Å². The third kappa shape index (κ3) is 3.08. The maximum absolute atomic E-state index is 13.4. The molecule has 1 amide bonds. The zero-order valence-corrected chi connectivity index (χ0v) is 16.9. The van der Waals surface area contributed by atoms with Gasteiger partial charge in [-0.3, -0.25) is 4.79 Å². The summed E-state index contributed by atoms with van der Waals surface area (Å²) in [5.74, 6) is 0.0946. The molecule has 150 valence electrons. The van der Waals surface area contributed by atoms with Gasteiger partial charge in [0.1, 0.15) is 0 Å². The lowest BCUT2D eigenvalue weighted by Crippen LogP contribution is -2.41. The van der Waals surface area contributed by atoms with E-state index in [2.05, 4.69) is 40.9 Å². The lowest BCUT2D eigenvalue weighted by atomic mass is 9.91. The zero-order valence-electron chi connectivity index (χ0n) is 16.9. The number of morpholine rings is 1. The quantitative estimate of drug-likeness (QED) is 0.727. The molecule has 3 aromatic rings. The van der Waals surface area contributed by atoms with Crippen molar-refractivity contribution in [2.75, 3.05) is 31.6 Å². The smallest absolute Gasteiger partial charge is 0.255 e. The number of anilines is 1. The Kier molecular flexibility index (Phi) is 4.51. The summed E-state index contributed by atoms with van der Waals surface area (Å²) in [6.45, 7) is 6.58. The molecule has 0 bridgehead atoms. The molecule has 29 heavy (non-hydrogen) atoms. The number of ether oxygens (including phenoxy) is 1. The van der Waals surface area contributed by atoms with Gasteiger partial charge in [0, 0.05) is 25.0 Å². The second-order valence-electron chi connectivity index (χ2n) is 7.92. The molecular weight excluding hydrogens is 364 g/mol. The summed E-state index contributed by atoms with van der Waals surface area (Å²) < 4.78 is 7.50. The average Bonchev–Trinajstić information content (AvgIpc) is 3.07. The Balaban J connectivity index is 1.62. The molecule has 2 aliphatic heterocycles.